The average Bonchev–Trinajstić information content (AvgIpc) is 3.20. The van der Waals surface area contributed by atoms with Crippen LogP contribution in [0, 0.1) is 6.92 Å². The molecule has 0 unspecified atom stereocenters. The van der Waals surface area contributed by atoms with Crippen LogP contribution >= 0.6 is 23.1 Å². The van der Waals surface area contributed by atoms with Crippen LogP contribution in [0.2, 0.25) is 0 Å². The van der Waals surface area contributed by atoms with Crippen LogP contribution in [0.25, 0.3) is 10.6 Å². The van der Waals surface area contributed by atoms with Gasteiger partial charge in [0, 0.05) is 29.2 Å². The van der Waals surface area contributed by atoms with E-state index in [1.807, 2.05) is 0 Å². The van der Waals surface area contributed by atoms with E-state index >= 15 is 0 Å². The minimum absolute atomic E-state index is 0.388. The van der Waals surface area contributed by atoms with Crippen molar-refractivity contribution in [1.82, 2.24) is 19.7 Å². The molecule has 0 aliphatic carbocycles. The van der Waals surface area contributed by atoms with E-state index in [1.165, 1.54) is 11.1 Å². The number of thiazole rings is 1. The summed E-state index contributed by atoms with van der Waals surface area (Å²) in [5, 5.41) is 12.9. The molecular weight excluding hydrogens is 336 g/mol. The van der Waals surface area contributed by atoms with Gasteiger partial charge in [-0.2, -0.15) is 0 Å². The minimum Gasteiger partial charge on any atom is -0.306 e. The van der Waals surface area contributed by atoms with Crippen molar-refractivity contribution in [3.8, 4) is 10.6 Å². The fourth-order valence-electron chi connectivity index (χ4n) is 2.47. The second-order valence-electron chi connectivity index (χ2n) is 6.04. The predicted molar refractivity (Wildman–Crippen MR) is 102 cm³/mol. The van der Waals surface area contributed by atoms with Gasteiger partial charge in [0.05, 0.1) is 5.69 Å². The van der Waals surface area contributed by atoms with Gasteiger partial charge in [-0.3, -0.25) is 0 Å². The molecule has 0 atom stereocenters. The SMILES string of the molecule is CCn1c(SCc2csc(-c3ccc(C)cc3)n2)nnc1C(C)C. The van der Waals surface area contributed by atoms with E-state index in [0.29, 0.717) is 5.92 Å². The summed E-state index contributed by atoms with van der Waals surface area (Å²) in [4.78, 5) is 4.76. The number of rotatable bonds is 6. The van der Waals surface area contributed by atoms with Crippen molar-refractivity contribution in [2.75, 3.05) is 0 Å². The van der Waals surface area contributed by atoms with Gasteiger partial charge in [-0.05, 0) is 13.8 Å². The van der Waals surface area contributed by atoms with Crippen LogP contribution in [0.1, 0.15) is 43.8 Å². The first kappa shape index (κ1) is 17.2. The maximum Gasteiger partial charge on any atom is 0.191 e. The molecule has 0 bridgehead atoms. The zero-order valence-corrected chi connectivity index (χ0v) is 16.1. The van der Waals surface area contributed by atoms with Gasteiger partial charge < -0.3 is 4.57 Å². The zero-order chi connectivity index (χ0) is 17.1. The standard InChI is InChI=1S/C18H22N4S2/c1-5-22-16(12(2)3)20-21-18(22)24-11-15-10-23-17(19-15)14-8-6-13(4)7-9-14/h6-10,12H,5,11H2,1-4H3. The molecule has 0 amide bonds. The number of aryl methyl sites for hydroxylation is 1. The number of nitrogens with zero attached hydrogens (tertiary/aromatic N) is 4. The smallest absolute Gasteiger partial charge is 0.191 e. The Kier molecular flexibility index (Phi) is 5.36. The highest BCUT2D eigenvalue weighted by molar-refractivity contribution is 7.98. The first-order chi connectivity index (χ1) is 11.6. The molecule has 4 nitrogen and oxygen atoms in total. The molecular formula is C18H22N4S2. The second kappa shape index (κ2) is 7.49. The highest BCUT2D eigenvalue weighted by Crippen LogP contribution is 2.28. The molecule has 24 heavy (non-hydrogen) atoms. The topological polar surface area (TPSA) is 43.6 Å². The molecule has 3 rings (SSSR count). The van der Waals surface area contributed by atoms with Crippen molar-refractivity contribution in [3.05, 3.63) is 46.7 Å². The van der Waals surface area contributed by atoms with Gasteiger partial charge in [0.2, 0.25) is 0 Å². The van der Waals surface area contributed by atoms with E-state index in [2.05, 4.69) is 72.1 Å². The predicted octanol–water partition coefficient (Wildman–Crippen LogP) is 5.15. The molecule has 0 aliphatic rings. The number of hydrogen-bond acceptors (Lipinski definition) is 5. The average molecular weight is 359 g/mol. The molecule has 0 radical (unpaired) electrons. The van der Waals surface area contributed by atoms with Gasteiger partial charge in [-0.1, -0.05) is 55.4 Å². The monoisotopic (exact) mass is 358 g/mol. The Morgan fingerprint density at radius 2 is 1.92 bits per heavy atom. The number of benzene rings is 1. The maximum absolute atomic E-state index is 4.76. The summed E-state index contributed by atoms with van der Waals surface area (Å²) in [5.74, 6) is 2.26. The lowest BCUT2D eigenvalue weighted by Gasteiger charge is -2.08. The highest BCUT2D eigenvalue weighted by Gasteiger charge is 2.14. The molecule has 2 aromatic heterocycles. The zero-order valence-electron chi connectivity index (χ0n) is 14.5. The number of aromatic nitrogens is 4. The Hall–Kier alpha value is -1.66. The van der Waals surface area contributed by atoms with E-state index in [9.17, 15) is 0 Å². The van der Waals surface area contributed by atoms with Crippen LogP contribution in [0.15, 0.2) is 34.8 Å². The van der Waals surface area contributed by atoms with Crippen LogP contribution in [-0.2, 0) is 12.3 Å². The molecule has 0 saturated carbocycles. The molecule has 6 heteroatoms. The van der Waals surface area contributed by atoms with E-state index in [4.69, 9.17) is 4.98 Å². The van der Waals surface area contributed by atoms with E-state index in [1.54, 1.807) is 23.1 Å². The van der Waals surface area contributed by atoms with E-state index in [0.717, 1.165) is 34.0 Å². The first-order valence-corrected chi connectivity index (χ1v) is 10.0. The molecule has 0 saturated heterocycles. The van der Waals surface area contributed by atoms with Crippen LogP contribution in [0.5, 0.6) is 0 Å². The van der Waals surface area contributed by atoms with Gasteiger partial charge in [0.25, 0.3) is 0 Å². The van der Waals surface area contributed by atoms with Gasteiger partial charge in [0.1, 0.15) is 10.8 Å². The summed E-state index contributed by atoms with van der Waals surface area (Å²) < 4.78 is 2.20. The summed E-state index contributed by atoms with van der Waals surface area (Å²) in [7, 11) is 0. The van der Waals surface area contributed by atoms with E-state index < -0.39 is 0 Å². The Bertz CT molecular complexity index is 803. The van der Waals surface area contributed by atoms with Crippen LogP contribution in [0.3, 0.4) is 0 Å². The number of thioether (sulfide) groups is 1. The Labute approximate surface area is 151 Å². The number of hydrogen-bond donors (Lipinski definition) is 0. The van der Waals surface area contributed by atoms with Crippen molar-refractivity contribution in [3.63, 3.8) is 0 Å². The molecule has 2 heterocycles. The van der Waals surface area contributed by atoms with Crippen LogP contribution in [0.4, 0.5) is 0 Å². The Morgan fingerprint density at radius 1 is 1.17 bits per heavy atom. The molecule has 0 aliphatic heterocycles. The highest BCUT2D eigenvalue weighted by atomic mass is 32.2. The third-order valence-electron chi connectivity index (χ3n) is 3.78. The van der Waals surface area contributed by atoms with Gasteiger partial charge >= 0.3 is 0 Å². The molecule has 0 fully saturated rings. The van der Waals surface area contributed by atoms with Crippen molar-refractivity contribution >= 4 is 23.1 Å². The largest absolute Gasteiger partial charge is 0.306 e. The quantitative estimate of drug-likeness (QED) is 0.572. The van der Waals surface area contributed by atoms with Crippen molar-refractivity contribution in [1.29, 1.82) is 0 Å². The van der Waals surface area contributed by atoms with Gasteiger partial charge in [-0.15, -0.1) is 21.5 Å². The van der Waals surface area contributed by atoms with Crippen molar-refractivity contribution in [2.24, 2.45) is 0 Å². The lowest BCUT2D eigenvalue weighted by molar-refractivity contribution is 0.613. The third-order valence-corrected chi connectivity index (χ3v) is 5.72. The second-order valence-corrected chi connectivity index (χ2v) is 7.84. The summed E-state index contributed by atoms with van der Waals surface area (Å²) >= 11 is 3.40. The lowest BCUT2D eigenvalue weighted by Crippen LogP contribution is -2.04. The molecule has 126 valence electrons. The third kappa shape index (κ3) is 3.70. The fraction of sp³-hybridized carbons (Fsp3) is 0.389. The fourth-order valence-corrected chi connectivity index (χ4v) is 4.30. The van der Waals surface area contributed by atoms with Gasteiger partial charge in [-0.25, -0.2) is 4.98 Å². The van der Waals surface area contributed by atoms with Gasteiger partial charge in [0.15, 0.2) is 5.16 Å². The normalized spacial score (nSPS) is 11.4. The molecule has 3 aromatic rings. The molecule has 0 N–H and O–H groups in total. The van der Waals surface area contributed by atoms with E-state index in [-0.39, 0.29) is 0 Å². The van der Waals surface area contributed by atoms with Crippen molar-refractivity contribution in [2.45, 2.75) is 51.1 Å². The summed E-state index contributed by atoms with van der Waals surface area (Å²) in [6, 6.07) is 8.52. The van der Waals surface area contributed by atoms with Crippen molar-refractivity contribution < 1.29 is 0 Å². The Morgan fingerprint density at radius 3 is 2.58 bits per heavy atom. The minimum atomic E-state index is 0.388. The maximum atomic E-state index is 4.76. The van der Waals surface area contributed by atoms with Crippen LogP contribution in [-0.4, -0.2) is 19.7 Å². The molecule has 0 spiro atoms. The van der Waals surface area contributed by atoms with Crippen LogP contribution < -0.4 is 0 Å². The Balaban J connectivity index is 1.71. The lowest BCUT2D eigenvalue weighted by atomic mass is 10.2. The molecule has 1 aromatic carbocycles. The first-order valence-electron chi connectivity index (χ1n) is 8.15. The summed E-state index contributed by atoms with van der Waals surface area (Å²) in [5.41, 5.74) is 3.55. The summed E-state index contributed by atoms with van der Waals surface area (Å²) in [6.45, 7) is 9.44. The summed E-state index contributed by atoms with van der Waals surface area (Å²) in [6.07, 6.45) is 0.